The Bertz CT molecular complexity index is 1150. The van der Waals surface area contributed by atoms with Crippen LogP contribution in [0.3, 0.4) is 0 Å². The summed E-state index contributed by atoms with van der Waals surface area (Å²) in [6.07, 6.45) is 2.90. The van der Waals surface area contributed by atoms with Gasteiger partial charge in [0.25, 0.3) is 5.56 Å². The number of amides is 1. The maximum Gasteiger partial charge on any atom is 0.263 e. The molecule has 0 radical (unpaired) electrons. The Morgan fingerprint density at radius 1 is 1.23 bits per heavy atom. The van der Waals surface area contributed by atoms with Gasteiger partial charge in [-0.25, -0.2) is 4.68 Å². The van der Waals surface area contributed by atoms with Crippen molar-refractivity contribution in [2.45, 2.75) is 39.2 Å². The maximum absolute atomic E-state index is 12.8. The van der Waals surface area contributed by atoms with Crippen molar-refractivity contribution in [2.75, 3.05) is 30.4 Å². The average Bonchev–Trinajstić information content (AvgIpc) is 3.19. The summed E-state index contributed by atoms with van der Waals surface area (Å²) in [7, 11) is 1.58. The fraction of sp³-hybridized carbons (Fsp3) is 0.455. The van der Waals surface area contributed by atoms with Crippen LogP contribution in [0.25, 0.3) is 11.0 Å². The molecular weight excluding hydrogens is 396 g/mol. The van der Waals surface area contributed by atoms with Gasteiger partial charge < -0.3 is 15.0 Å². The monoisotopic (exact) mass is 424 g/mol. The van der Waals surface area contributed by atoms with E-state index in [9.17, 15) is 9.59 Å². The topological polar surface area (TPSA) is 105 Å². The second-order valence-corrected chi connectivity index (χ2v) is 8.80. The van der Waals surface area contributed by atoms with Gasteiger partial charge in [-0.2, -0.15) is 10.1 Å². The summed E-state index contributed by atoms with van der Waals surface area (Å²) < 4.78 is 7.08. The van der Waals surface area contributed by atoms with Crippen molar-refractivity contribution in [3.8, 4) is 5.75 Å². The third kappa shape index (κ3) is 4.12. The van der Waals surface area contributed by atoms with Gasteiger partial charge in [-0.05, 0) is 45.7 Å². The zero-order valence-electron chi connectivity index (χ0n) is 18.3. The van der Waals surface area contributed by atoms with E-state index < -0.39 is 0 Å². The number of piperidine rings is 1. The van der Waals surface area contributed by atoms with E-state index in [4.69, 9.17) is 9.72 Å². The Hall–Kier alpha value is -3.36. The molecule has 0 spiro atoms. The second kappa shape index (κ2) is 8.05. The molecular formula is C22H28N6O3. The number of carbonyl (C=O) groups is 1. The van der Waals surface area contributed by atoms with Crippen molar-refractivity contribution in [1.82, 2.24) is 19.7 Å². The lowest BCUT2D eigenvalue weighted by atomic mass is 9.96. The summed E-state index contributed by atoms with van der Waals surface area (Å²) in [5.74, 6) is 1.02. The van der Waals surface area contributed by atoms with Gasteiger partial charge in [0.2, 0.25) is 11.9 Å². The van der Waals surface area contributed by atoms with Crippen LogP contribution in [0, 0.1) is 5.92 Å². The molecule has 1 aromatic carbocycles. The van der Waals surface area contributed by atoms with Gasteiger partial charge >= 0.3 is 0 Å². The number of ether oxygens (including phenoxy) is 1. The number of hydrogen-bond acceptors (Lipinski definition) is 6. The number of nitrogens with one attached hydrogen (secondary N) is 2. The minimum atomic E-state index is -0.288. The first kappa shape index (κ1) is 20.9. The molecule has 0 saturated carbocycles. The van der Waals surface area contributed by atoms with E-state index in [1.807, 2.05) is 49.9 Å². The third-order valence-electron chi connectivity index (χ3n) is 5.59. The first-order chi connectivity index (χ1) is 14.8. The Morgan fingerprint density at radius 2 is 1.94 bits per heavy atom. The van der Waals surface area contributed by atoms with Gasteiger partial charge in [0.1, 0.15) is 11.1 Å². The largest absolute Gasteiger partial charge is 0.495 e. The number of benzene rings is 1. The molecule has 2 N–H and O–H groups in total. The highest BCUT2D eigenvalue weighted by Crippen LogP contribution is 2.27. The number of nitrogens with zero attached hydrogens (tertiary/aromatic N) is 4. The minimum absolute atomic E-state index is 0.0214. The maximum atomic E-state index is 12.8. The number of hydrogen-bond donors (Lipinski definition) is 2. The molecule has 1 fully saturated rings. The summed E-state index contributed by atoms with van der Waals surface area (Å²) in [6, 6.07) is 7.37. The van der Waals surface area contributed by atoms with Crippen LogP contribution in [-0.2, 0) is 10.3 Å². The summed E-state index contributed by atoms with van der Waals surface area (Å²) in [4.78, 5) is 34.9. The van der Waals surface area contributed by atoms with Gasteiger partial charge in [0, 0.05) is 19.0 Å². The van der Waals surface area contributed by atoms with Crippen LogP contribution >= 0.6 is 0 Å². The molecule has 3 aromatic rings. The zero-order chi connectivity index (χ0) is 22.2. The molecule has 1 aliphatic rings. The molecule has 0 aliphatic carbocycles. The van der Waals surface area contributed by atoms with Crippen LogP contribution in [-0.4, -0.2) is 45.9 Å². The lowest BCUT2D eigenvalue weighted by molar-refractivity contribution is -0.120. The van der Waals surface area contributed by atoms with Crippen LogP contribution in [0.5, 0.6) is 5.75 Å². The van der Waals surface area contributed by atoms with E-state index >= 15 is 0 Å². The normalized spacial score (nSPS) is 15.3. The van der Waals surface area contributed by atoms with E-state index in [-0.39, 0.29) is 22.9 Å². The molecule has 1 amide bonds. The second-order valence-electron chi connectivity index (χ2n) is 8.80. The Morgan fingerprint density at radius 3 is 2.61 bits per heavy atom. The molecule has 2 aromatic heterocycles. The Balaban J connectivity index is 1.48. The van der Waals surface area contributed by atoms with Crippen molar-refractivity contribution in [3.05, 3.63) is 40.8 Å². The summed E-state index contributed by atoms with van der Waals surface area (Å²) >= 11 is 0. The molecule has 0 atom stereocenters. The lowest BCUT2D eigenvalue weighted by Crippen LogP contribution is -2.39. The number of fused-ring (bicyclic) bond motifs is 1. The molecule has 4 rings (SSSR count). The van der Waals surface area contributed by atoms with E-state index in [1.165, 1.54) is 0 Å². The Labute approximate surface area is 180 Å². The number of methoxy groups -OCH3 is 1. The highest BCUT2D eigenvalue weighted by atomic mass is 16.5. The van der Waals surface area contributed by atoms with E-state index in [0.717, 1.165) is 0 Å². The van der Waals surface area contributed by atoms with Crippen molar-refractivity contribution in [3.63, 3.8) is 0 Å². The molecule has 0 bridgehead atoms. The fourth-order valence-corrected chi connectivity index (χ4v) is 3.88. The molecule has 9 heteroatoms. The van der Waals surface area contributed by atoms with E-state index in [0.29, 0.717) is 54.3 Å². The first-order valence-corrected chi connectivity index (χ1v) is 10.5. The van der Waals surface area contributed by atoms with Gasteiger partial charge in [-0.3, -0.25) is 14.6 Å². The van der Waals surface area contributed by atoms with Gasteiger partial charge in [0.05, 0.1) is 24.5 Å². The first-order valence-electron chi connectivity index (χ1n) is 10.5. The molecule has 1 aliphatic heterocycles. The zero-order valence-corrected chi connectivity index (χ0v) is 18.3. The predicted octanol–water partition coefficient (Wildman–Crippen LogP) is 2.74. The number of aromatic nitrogens is 4. The van der Waals surface area contributed by atoms with Crippen molar-refractivity contribution < 1.29 is 9.53 Å². The smallest absolute Gasteiger partial charge is 0.263 e. The number of rotatable bonds is 4. The number of carbonyl (C=O) groups excluding carboxylic acids is 1. The molecule has 3 heterocycles. The van der Waals surface area contributed by atoms with Crippen LogP contribution in [0.15, 0.2) is 35.3 Å². The summed E-state index contributed by atoms with van der Waals surface area (Å²) in [6.45, 7) is 7.32. The van der Waals surface area contributed by atoms with Crippen molar-refractivity contribution in [2.24, 2.45) is 5.92 Å². The highest BCUT2D eigenvalue weighted by Gasteiger charge is 2.28. The van der Waals surface area contributed by atoms with Gasteiger partial charge in [0.15, 0.2) is 5.65 Å². The molecule has 31 heavy (non-hydrogen) atoms. The lowest BCUT2D eigenvalue weighted by Gasteiger charge is -2.31. The number of H-pyrrole nitrogens is 1. The van der Waals surface area contributed by atoms with Crippen LogP contribution < -0.4 is 20.5 Å². The SMILES string of the molecule is COc1ccccc1NC(=O)C1CCN(c2nc3c(cnn3C(C)(C)C)c(=O)[nH]2)CC1. The molecule has 0 unspecified atom stereocenters. The summed E-state index contributed by atoms with van der Waals surface area (Å²) in [5, 5.41) is 7.80. The van der Waals surface area contributed by atoms with Crippen LogP contribution in [0.2, 0.25) is 0 Å². The number of anilines is 2. The molecule has 9 nitrogen and oxygen atoms in total. The Kier molecular flexibility index (Phi) is 5.43. The fourth-order valence-electron chi connectivity index (χ4n) is 3.88. The average molecular weight is 425 g/mol. The van der Waals surface area contributed by atoms with Crippen LogP contribution in [0.1, 0.15) is 33.6 Å². The van der Waals surface area contributed by atoms with Crippen molar-refractivity contribution in [1.29, 1.82) is 0 Å². The van der Waals surface area contributed by atoms with Gasteiger partial charge in [-0.1, -0.05) is 12.1 Å². The van der Waals surface area contributed by atoms with E-state index in [2.05, 4.69) is 15.4 Å². The van der Waals surface area contributed by atoms with Crippen LogP contribution in [0.4, 0.5) is 11.6 Å². The summed E-state index contributed by atoms with van der Waals surface area (Å²) in [5.41, 5.74) is 0.752. The minimum Gasteiger partial charge on any atom is -0.495 e. The third-order valence-corrected chi connectivity index (χ3v) is 5.59. The quantitative estimate of drug-likeness (QED) is 0.667. The number of para-hydroxylation sites is 2. The predicted molar refractivity (Wildman–Crippen MR) is 120 cm³/mol. The molecule has 164 valence electrons. The molecule has 1 saturated heterocycles. The number of aromatic amines is 1. The highest BCUT2D eigenvalue weighted by molar-refractivity contribution is 5.94. The van der Waals surface area contributed by atoms with Crippen molar-refractivity contribution >= 4 is 28.6 Å². The van der Waals surface area contributed by atoms with Gasteiger partial charge in [-0.15, -0.1) is 0 Å². The van der Waals surface area contributed by atoms with E-state index in [1.54, 1.807) is 18.0 Å². The standard InChI is InChI=1S/C22H28N6O3/c1-22(2,3)28-18-15(13-23-28)20(30)26-21(25-18)27-11-9-14(10-12-27)19(29)24-16-7-5-6-8-17(16)31-4/h5-8,13-14H,9-12H2,1-4H3,(H,24,29)(H,25,26,30).